The van der Waals surface area contributed by atoms with Crippen LogP contribution in [0, 0.1) is 0 Å². The molecule has 1 aromatic carbocycles. The summed E-state index contributed by atoms with van der Waals surface area (Å²) >= 11 is 3.33. The summed E-state index contributed by atoms with van der Waals surface area (Å²) in [6.07, 6.45) is 2.53. The van der Waals surface area contributed by atoms with Gasteiger partial charge in [-0.2, -0.15) is 4.37 Å². The van der Waals surface area contributed by atoms with Gasteiger partial charge in [0.1, 0.15) is 10.8 Å². The first kappa shape index (κ1) is 16.4. The van der Waals surface area contributed by atoms with Crippen molar-refractivity contribution in [1.29, 1.82) is 0 Å². The quantitative estimate of drug-likeness (QED) is 0.669. The van der Waals surface area contributed by atoms with Gasteiger partial charge in [-0.3, -0.25) is 4.90 Å². The van der Waals surface area contributed by atoms with Gasteiger partial charge in [-0.25, -0.2) is 9.97 Å². The minimum absolute atomic E-state index is 0.644. The van der Waals surface area contributed by atoms with Gasteiger partial charge in [0.15, 0.2) is 0 Å². The molecule has 3 heterocycles. The highest BCUT2D eigenvalue weighted by Gasteiger charge is 2.29. The van der Waals surface area contributed by atoms with Crippen LogP contribution >= 0.6 is 22.9 Å². The standard InChI is InChI=1S/C19H21N5S2/c1-2-4-14(5-3-1)16-13-25-17(20-16)12-23-8-10-24(11-9-23)19-21-18(22-26-19)15-6-7-15/h1-5,13,15H,6-12H2. The Labute approximate surface area is 161 Å². The molecule has 3 aromatic rings. The van der Waals surface area contributed by atoms with Gasteiger partial charge in [-0.1, -0.05) is 30.3 Å². The lowest BCUT2D eigenvalue weighted by atomic mass is 10.2. The molecule has 1 aliphatic heterocycles. The van der Waals surface area contributed by atoms with Crippen molar-refractivity contribution in [3.05, 3.63) is 46.5 Å². The maximum atomic E-state index is 4.82. The summed E-state index contributed by atoms with van der Waals surface area (Å²) in [4.78, 5) is 14.5. The topological polar surface area (TPSA) is 45.2 Å². The molecule has 134 valence electrons. The lowest BCUT2D eigenvalue weighted by Gasteiger charge is -2.33. The molecular weight excluding hydrogens is 362 g/mol. The predicted octanol–water partition coefficient (Wildman–Crippen LogP) is 3.86. The van der Waals surface area contributed by atoms with Crippen molar-refractivity contribution in [2.75, 3.05) is 31.1 Å². The number of benzene rings is 1. The van der Waals surface area contributed by atoms with Gasteiger partial charge in [0.2, 0.25) is 5.13 Å². The number of thiazole rings is 1. The van der Waals surface area contributed by atoms with Gasteiger partial charge in [-0.05, 0) is 12.8 Å². The van der Waals surface area contributed by atoms with E-state index in [9.17, 15) is 0 Å². The van der Waals surface area contributed by atoms with E-state index >= 15 is 0 Å². The zero-order chi connectivity index (χ0) is 17.3. The Balaban J connectivity index is 1.17. The Morgan fingerprint density at radius 3 is 2.58 bits per heavy atom. The van der Waals surface area contributed by atoms with Crippen molar-refractivity contribution in [2.24, 2.45) is 0 Å². The van der Waals surface area contributed by atoms with Crippen LogP contribution in [0.15, 0.2) is 35.7 Å². The van der Waals surface area contributed by atoms with E-state index in [2.05, 4.69) is 43.8 Å². The lowest BCUT2D eigenvalue weighted by molar-refractivity contribution is 0.249. The van der Waals surface area contributed by atoms with Crippen molar-refractivity contribution >= 4 is 28.0 Å². The minimum Gasteiger partial charge on any atom is -0.344 e. The molecule has 0 N–H and O–H groups in total. The lowest BCUT2D eigenvalue weighted by Crippen LogP contribution is -2.45. The fourth-order valence-corrected chi connectivity index (χ4v) is 4.92. The summed E-state index contributed by atoms with van der Waals surface area (Å²) in [7, 11) is 0. The number of rotatable bonds is 5. The third kappa shape index (κ3) is 3.51. The summed E-state index contributed by atoms with van der Waals surface area (Å²) < 4.78 is 4.54. The predicted molar refractivity (Wildman–Crippen MR) is 107 cm³/mol. The van der Waals surface area contributed by atoms with Gasteiger partial charge >= 0.3 is 0 Å². The second kappa shape index (κ2) is 7.06. The van der Waals surface area contributed by atoms with Crippen LogP contribution in [0.5, 0.6) is 0 Å². The molecule has 7 heteroatoms. The molecule has 5 nitrogen and oxygen atoms in total. The number of anilines is 1. The zero-order valence-corrected chi connectivity index (χ0v) is 16.2. The molecule has 0 amide bonds. The Morgan fingerprint density at radius 1 is 1.00 bits per heavy atom. The number of hydrogen-bond donors (Lipinski definition) is 0. The molecule has 2 aliphatic rings. The Bertz CT molecular complexity index is 863. The summed E-state index contributed by atoms with van der Waals surface area (Å²) in [5.41, 5.74) is 2.29. The van der Waals surface area contributed by atoms with Gasteiger partial charge in [-0.15, -0.1) is 11.3 Å². The smallest absolute Gasteiger partial charge is 0.205 e. The van der Waals surface area contributed by atoms with E-state index in [0.29, 0.717) is 5.92 Å². The van der Waals surface area contributed by atoms with Crippen LogP contribution in [-0.4, -0.2) is 45.4 Å². The summed E-state index contributed by atoms with van der Waals surface area (Å²) in [5.74, 6) is 1.72. The highest BCUT2D eigenvalue weighted by molar-refractivity contribution is 7.10. The largest absolute Gasteiger partial charge is 0.344 e. The molecule has 26 heavy (non-hydrogen) atoms. The number of hydrogen-bond acceptors (Lipinski definition) is 7. The molecule has 5 rings (SSSR count). The molecule has 1 saturated heterocycles. The zero-order valence-electron chi connectivity index (χ0n) is 14.5. The molecule has 0 bridgehead atoms. The minimum atomic E-state index is 0.644. The average Bonchev–Trinajstić information content (AvgIpc) is 3.24. The van der Waals surface area contributed by atoms with Crippen LogP contribution in [0.3, 0.4) is 0 Å². The van der Waals surface area contributed by atoms with Crippen molar-refractivity contribution in [2.45, 2.75) is 25.3 Å². The average molecular weight is 384 g/mol. The van der Waals surface area contributed by atoms with Crippen LogP contribution in [0.2, 0.25) is 0 Å². The van der Waals surface area contributed by atoms with Gasteiger partial charge in [0.25, 0.3) is 0 Å². The molecule has 1 saturated carbocycles. The molecule has 1 aliphatic carbocycles. The first-order valence-electron chi connectivity index (χ1n) is 9.16. The number of aromatic nitrogens is 3. The summed E-state index contributed by atoms with van der Waals surface area (Å²) in [6.45, 7) is 5.10. The highest BCUT2D eigenvalue weighted by Crippen LogP contribution is 2.39. The molecule has 0 spiro atoms. The molecule has 0 unspecified atom stereocenters. The molecule has 2 aromatic heterocycles. The first-order valence-corrected chi connectivity index (χ1v) is 10.8. The van der Waals surface area contributed by atoms with Crippen LogP contribution in [0.25, 0.3) is 11.3 Å². The van der Waals surface area contributed by atoms with Crippen LogP contribution in [0.1, 0.15) is 29.6 Å². The highest BCUT2D eigenvalue weighted by atomic mass is 32.1. The molecule has 0 atom stereocenters. The van der Waals surface area contributed by atoms with Crippen LogP contribution in [-0.2, 0) is 6.54 Å². The van der Waals surface area contributed by atoms with Crippen LogP contribution < -0.4 is 4.90 Å². The second-order valence-electron chi connectivity index (χ2n) is 6.97. The number of nitrogens with zero attached hydrogens (tertiary/aromatic N) is 5. The van der Waals surface area contributed by atoms with E-state index in [1.54, 1.807) is 22.9 Å². The number of piperazine rings is 1. The fourth-order valence-electron chi connectivity index (χ4n) is 3.28. The van der Waals surface area contributed by atoms with Crippen molar-refractivity contribution in [3.63, 3.8) is 0 Å². The van der Waals surface area contributed by atoms with E-state index in [1.165, 1.54) is 23.4 Å². The summed E-state index contributed by atoms with van der Waals surface area (Å²) in [6, 6.07) is 10.4. The van der Waals surface area contributed by atoms with E-state index in [1.807, 2.05) is 6.07 Å². The van der Waals surface area contributed by atoms with Crippen molar-refractivity contribution < 1.29 is 0 Å². The van der Waals surface area contributed by atoms with E-state index in [4.69, 9.17) is 9.97 Å². The SMILES string of the molecule is c1ccc(-c2csc(CN3CCN(c4nc(C5CC5)ns4)CC3)n2)cc1. The molecular formula is C19H21N5S2. The fraction of sp³-hybridized carbons (Fsp3) is 0.421. The first-order chi connectivity index (χ1) is 12.8. The Kier molecular flexibility index (Phi) is 4.44. The van der Waals surface area contributed by atoms with Crippen LogP contribution in [0.4, 0.5) is 5.13 Å². The second-order valence-corrected chi connectivity index (χ2v) is 8.64. The van der Waals surface area contributed by atoms with E-state index in [-0.39, 0.29) is 0 Å². The van der Waals surface area contributed by atoms with Crippen molar-refractivity contribution in [1.82, 2.24) is 19.2 Å². The molecule has 0 radical (unpaired) electrons. The Morgan fingerprint density at radius 2 is 1.81 bits per heavy atom. The molecule has 2 fully saturated rings. The maximum absolute atomic E-state index is 4.82. The van der Waals surface area contributed by atoms with E-state index in [0.717, 1.165) is 49.4 Å². The normalized spacial score (nSPS) is 18.4. The third-order valence-electron chi connectivity index (χ3n) is 5.00. The Hall–Kier alpha value is -1.83. The summed E-state index contributed by atoms with van der Waals surface area (Å²) in [5, 5.41) is 4.47. The van der Waals surface area contributed by atoms with Crippen molar-refractivity contribution in [3.8, 4) is 11.3 Å². The monoisotopic (exact) mass is 383 g/mol. The van der Waals surface area contributed by atoms with Gasteiger partial charge < -0.3 is 4.90 Å². The third-order valence-corrected chi connectivity index (χ3v) is 6.62. The van der Waals surface area contributed by atoms with E-state index < -0.39 is 0 Å². The van der Waals surface area contributed by atoms with Gasteiger partial charge in [0, 0.05) is 54.6 Å². The van der Waals surface area contributed by atoms with Gasteiger partial charge in [0.05, 0.1) is 12.2 Å². The maximum Gasteiger partial charge on any atom is 0.205 e.